The summed E-state index contributed by atoms with van der Waals surface area (Å²) in [5.41, 5.74) is 2.74. The van der Waals surface area contributed by atoms with Gasteiger partial charge in [-0.15, -0.1) is 0 Å². The van der Waals surface area contributed by atoms with Crippen LogP contribution in [0.15, 0.2) is 38.0 Å². The Kier molecular flexibility index (Phi) is 4.75. The fourth-order valence-corrected chi connectivity index (χ4v) is 5.14. The van der Waals surface area contributed by atoms with E-state index in [0.29, 0.717) is 33.4 Å². The molecule has 1 saturated heterocycles. The fraction of sp³-hybridized carbons (Fsp3) is 0.400. The molecule has 0 radical (unpaired) electrons. The van der Waals surface area contributed by atoms with E-state index in [0.717, 1.165) is 16.7 Å². The molecule has 6 nitrogen and oxygen atoms in total. The first-order valence-corrected chi connectivity index (χ1v) is 11.4. The Morgan fingerprint density at radius 3 is 2.62 bits per heavy atom. The van der Waals surface area contributed by atoms with E-state index in [1.807, 2.05) is 27.7 Å². The third kappa shape index (κ3) is 3.10. The molecule has 32 heavy (non-hydrogen) atoms. The maximum atomic E-state index is 13.8. The van der Waals surface area contributed by atoms with Gasteiger partial charge in [0.05, 0.1) is 34.3 Å². The van der Waals surface area contributed by atoms with Gasteiger partial charge in [0.2, 0.25) is 5.43 Å². The lowest BCUT2D eigenvalue weighted by Gasteiger charge is -2.32. The van der Waals surface area contributed by atoms with E-state index in [-0.39, 0.29) is 40.8 Å². The Balaban J connectivity index is 1.84. The normalized spacial score (nSPS) is 23.8. The first-order valence-electron chi connectivity index (χ1n) is 10.6. The van der Waals surface area contributed by atoms with Crippen molar-refractivity contribution in [2.45, 2.75) is 51.9 Å². The predicted molar refractivity (Wildman–Crippen MR) is 126 cm³/mol. The minimum absolute atomic E-state index is 0.0000389. The fourth-order valence-electron chi connectivity index (χ4n) is 4.67. The summed E-state index contributed by atoms with van der Waals surface area (Å²) >= 11 is 3.37. The number of phenols is 1. The molecule has 0 bridgehead atoms. The van der Waals surface area contributed by atoms with Gasteiger partial charge in [0.25, 0.3) is 0 Å². The predicted octanol–water partition coefficient (Wildman–Crippen LogP) is 5.06. The number of aromatic hydroxyl groups is 1. The first-order chi connectivity index (χ1) is 15.0. The van der Waals surface area contributed by atoms with Crippen LogP contribution in [0.5, 0.6) is 11.5 Å². The van der Waals surface area contributed by atoms with E-state index in [2.05, 4.69) is 22.5 Å². The third-order valence-corrected chi connectivity index (χ3v) is 7.31. The van der Waals surface area contributed by atoms with Crippen molar-refractivity contribution in [1.29, 1.82) is 0 Å². The molecule has 0 aliphatic carbocycles. The largest absolute Gasteiger partial charge is 0.506 e. The molecule has 3 heterocycles. The van der Waals surface area contributed by atoms with Crippen molar-refractivity contribution in [2.75, 3.05) is 6.61 Å². The molecular weight excluding hydrogens is 476 g/mol. The average Bonchev–Trinajstić information content (AvgIpc) is 3.31. The van der Waals surface area contributed by atoms with Gasteiger partial charge >= 0.3 is 0 Å². The number of phenolic OH excluding ortho intramolecular Hbond substituents is 1. The van der Waals surface area contributed by atoms with E-state index in [9.17, 15) is 15.0 Å². The number of hydrogen-bond donors (Lipinski definition) is 2. The zero-order chi connectivity index (χ0) is 23.1. The minimum Gasteiger partial charge on any atom is -0.506 e. The monoisotopic (exact) mass is 500 g/mol. The summed E-state index contributed by atoms with van der Waals surface area (Å²) in [6.07, 6.45) is -0.419. The highest BCUT2D eigenvalue weighted by molar-refractivity contribution is 9.10. The number of benzene rings is 2. The SMILES string of the molecule is C=C(C)[C@H]1COc2c(C)cc3oc4c(C[C@@H]5OC5(C)C)cc(Br)c(O)c4c(=O)c3c2[C@@H]1O. The van der Waals surface area contributed by atoms with E-state index in [1.165, 1.54) is 0 Å². The molecule has 5 rings (SSSR count). The van der Waals surface area contributed by atoms with E-state index in [1.54, 1.807) is 12.1 Å². The Morgan fingerprint density at radius 1 is 1.31 bits per heavy atom. The summed E-state index contributed by atoms with van der Waals surface area (Å²) in [6, 6.07) is 3.52. The molecule has 2 aliphatic rings. The van der Waals surface area contributed by atoms with Crippen LogP contribution in [0, 0.1) is 12.8 Å². The summed E-state index contributed by atoms with van der Waals surface area (Å²) in [7, 11) is 0. The quantitative estimate of drug-likeness (QED) is 0.296. The molecule has 168 valence electrons. The molecule has 0 spiro atoms. The highest BCUT2D eigenvalue weighted by Crippen LogP contribution is 2.46. The molecule has 0 unspecified atom stereocenters. The average molecular weight is 501 g/mol. The summed E-state index contributed by atoms with van der Waals surface area (Å²) < 4.78 is 18.3. The molecule has 1 aromatic heterocycles. The molecule has 0 amide bonds. The van der Waals surface area contributed by atoms with Crippen molar-refractivity contribution in [3.8, 4) is 11.5 Å². The van der Waals surface area contributed by atoms with Crippen LogP contribution in [0.1, 0.15) is 43.6 Å². The van der Waals surface area contributed by atoms with E-state index in [4.69, 9.17) is 13.9 Å². The van der Waals surface area contributed by atoms with Gasteiger partial charge in [0.15, 0.2) is 0 Å². The molecule has 2 N–H and O–H groups in total. The smallest absolute Gasteiger partial charge is 0.204 e. The molecule has 7 heteroatoms. The van der Waals surface area contributed by atoms with Crippen LogP contribution in [0.2, 0.25) is 0 Å². The first kappa shape index (κ1) is 21.5. The van der Waals surface area contributed by atoms with Crippen LogP contribution < -0.4 is 10.2 Å². The van der Waals surface area contributed by atoms with Gasteiger partial charge < -0.3 is 24.1 Å². The number of aryl methyl sites for hydroxylation is 1. The molecule has 3 atom stereocenters. The van der Waals surface area contributed by atoms with Gasteiger partial charge in [0.1, 0.15) is 28.1 Å². The van der Waals surface area contributed by atoms with Gasteiger partial charge in [-0.05, 0) is 66.9 Å². The number of hydrogen-bond acceptors (Lipinski definition) is 6. The highest BCUT2D eigenvalue weighted by atomic mass is 79.9. The van der Waals surface area contributed by atoms with Crippen LogP contribution in [0.25, 0.3) is 21.9 Å². The number of ether oxygens (including phenoxy) is 2. The standard InChI is InChI=1S/C25H25BrO6/c1-10(2)13-9-30-23-11(3)6-15-17(18(23)20(13)27)22(29)19-21(28)14(26)7-12(24(19)31-15)8-16-25(4,5)32-16/h6-7,13,16,20,27-28H,1,8-9H2,2-5H3/t13-,16+,20-/m1/s1. The van der Waals surface area contributed by atoms with Crippen LogP contribution in [-0.4, -0.2) is 28.5 Å². The lowest BCUT2D eigenvalue weighted by molar-refractivity contribution is 0.0701. The Bertz CT molecular complexity index is 1370. The zero-order valence-corrected chi connectivity index (χ0v) is 20.0. The molecule has 2 aliphatic heterocycles. The van der Waals surface area contributed by atoms with Crippen LogP contribution in [0.4, 0.5) is 0 Å². The van der Waals surface area contributed by atoms with Gasteiger partial charge in [-0.2, -0.15) is 0 Å². The molecule has 0 saturated carbocycles. The van der Waals surface area contributed by atoms with Gasteiger partial charge in [-0.1, -0.05) is 12.2 Å². The molecule has 2 aromatic carbocycles. The molecular formula is C25H25BrO6. The highest BCUT2D eigenvalue weighted by Gasteiger charge is 2.48. The Morgan fingerprint density at radius 2 is 2.00 bits per heavy atom. The summed E-state index contributed by atoms with van der Waals surface area (Å²) in [4.78, 5) is 13.8. The second kappa shape index (κ2) is 7.07. The lowest BCUT2D eigenvalue weighted by atomic mass is 9.85. The second-order valence-corrected chi connectivity index (χ2v) is 10.3. The summed E-state index contributed by atoms with van der Waals surface area (Å²) in [6.45, 7) is 12.0. The number of epoxide rings is 1. The van der Waals surface area contributed by atoms with Crippen molar-refractivity contribution in [3.05, 3.63) is 55.7 Å². The van der Waals surface area contributed by atoms with Crippen LogP contribution in [0.3, 0.4) is 0 Å². The maximum absolute atomic E-state index is 13.8. The third-order valence-electron chi connectivity index (χ3n) is 6.70. The molecule has 1 fully saturated rings. The maximum Gasteiger partial charge on any atom is 0.204 e. The van der Waals surface area contributed by atoms with E-state index >= 15 is 0 Å². The van der Waals surface area contributed by atoms with Gasteiger partial charge in [0, 0.05) is 17.9 Å². The van der Waals surface area contributed by atoms with Crippen LogP contribution >= 0.6 is 15.9 Å². The number of aliphatic hydroxyl groups excluding tert-OH is 1. The number of halogens is 1. The number of rotatable bonds is 3. The van der Waals surface area contributed by atoms with Crippen molar-refractivity contribution in [2.24, 2.45) is 5.92 Å². The lowest BCUT2D eigenvalue weighted by Crippen LogP contribution is -2.28. The van der Waals surface area contributed by atoms with Crippen LogP contribution in [-0.2, 0) is 11.2 Å². The van der Waals surface area contributed by atoms with Crippen molar-refractivity contribution in [1.82, 2.24) is 0 Å². The van der Waals surface area contributed by atoms with Crippen molar-refractivity contribution >= 4 is 37.9 Å². The Labute approximate surface area is 193 Å². The summed E-state index contributed by atoms with van der Waals surface area (Å²) in [5.74, 6) is -0.0483. The van der Waals surface area contributed by atoms with Crippen molar-refractivity contribution < 1.29 is 24.1 Å². The summed E-state index contributed by atoms with van der Waals surface area (Å²) in [5, 5.41) is 22.3. The Hall–Kier alpha value is -2.35. The van der Waals surface area contributed by atoms with Gasteiger partial charge in [-0.3, -0.25) is 4.79 Å². The topological polar surface area (TPSA) is 92.4 Å². The number of aliphatic hydroxyl groups is 1. The molecule has 3 aromatic rings. The zero-order valence-electron chi connectivity index (χ0n) is 18.4. The second-order valence-electron chi connectivity index (χ2n) is 9.43. The number of fused-ring (bicyclic) bond motifs is 4. The van der Waals surface area contributed by atoms with Crippen molar-refractivity contribution in [3.63, 3.8) is 0 Å². The van der Waals surface area contributed by atoms with Gasteiger partial charge in [-0.25, -0.2) is 0 Å². The minimum atomic E-state index is -0.964. The van der Waals surface area contributed by atoms with E-state index < -0.39 is 11.5 Å².